The van der Waals surface area contributed by atoms with Crippen molar-refractivity contribution in [3.05, 3.63) is 281 Å². The van der Waals surface area contributed by atoms with Crippen LogP contribution in [-0.2, 0) is 10.8 Å². The van der Waals surface area contributed by atoms with Gasteiger partial charge in [0.25, 0.3) is 0 Å². The third-order valence-electron chi connectivity index (χ3n) is 16.5. The zero-order chi connectivity index (χ0) is 46.9. The first-order chi connectivity index (χ1) is 35.7. The van der Waals surface area contributed by atoms with Crippen LogP contribution in [0.25, 0.3) is 75.5 Å². The fourth-order valence-electron chi connectivity index (χ4n) is 13.8. The number of furan rings is 1. The highest BCUT2D eigenvalue weighted by molar-refractivity contribution is 7.99. The van der Waals surface area contributed by atoms with Gasteiger partial charge in [-0.1, -0.05) is 176 Å². The van der Waals surface area contributed by atoms with Gasteiger partial charge in [-0.25, -0.2) is 0 Å². The summed E-state index contributed by atoms with van der Waals surface area (Å²) in [5, 5.41) is 4.75. The number of para-hydroxylation sites is 1. The first kappa shape index (κ1) is 39.3. The Labute approximate surface area is 424 Å². The summed E-state index contributed by atoms with van der Waals surface area (Å²) >= 11 is 3.80. The molecule has 334 valence electrons. The van der Waals surface area contributed by atoms with Crippen LogP contribution < -0.4 is 4.90 Å². The van der Waals surface area contributed by atoms with E-state index in [1.165, 1.54) is 108 Å². The van der Waals surface area contributed by atoms with Crippen molar-refractivity contribution >= 4 is 82.3 Å². The Balaban J connectivity index is 0.949. The van der Waals surface area contributed by atoms with E-state index in [0.29, 0.717) is 0 Å². The predicted molar refractivity (Wildman–Crippen MR) is 299 cm³/mol. The lowest BCUT2D eigenvalue weighted by molar-refractivity contribution is 0.669. The van der Waals surface area contributed by atoms with Crippen LogP contribution in [0, 0.1) is 0 Å². The number of rotatable bonds is 3. The summed E-state index contributed by atoms with van der Waals surface area (Å²) in [4.78, 5) is 5.15. The van der Waals surface area contributed by atoms with Crippen molar-refractivity contribution in [3.8, 4) is 33.4 Å². The number of thiophene rings is 1. The molecule has 0 atom stereocenters. The van der Waals surface area contributed by atoms with E-state index in [1.807, 2.05) is 23.1 Å². The van der Waals surface area contributed by atoms with Crippen LogP contribution in [0.15, 0.2) is 251 Å². The molecule has 4 heteroatoms. The Bertz CT molecular complexity index is 4420. The molecule has 4 aliphatic rings. The lowest BCUT2D eigenvalue weighted by atomic mass is 9.67. The van der Waals surface area contributed by atoms with E-state index in [-0.39, 0.29) is 0 Å². The van der Waals surface area contributed by atoms with E-state index >= 15 is 0 Å². The molecule has 0 radical (unpaired) electrons. The van der Waals surface area contributed by atoms with Crippen LogP contribution in [0.5, 0.6) is 0 Å². The minimum atomic E-state index is -0.483. The van der Waals surface area contributed by atoms with Crippen molar-refractivity contribution < 1.29 is 4.42 Å². The van der Waals surface area contributed by atoms with Gasteiger partial charge in [0.2, 0.25) is 0 Å². The molecule has 0 bridgehead atoms. The third kappa shape index (κ3) is 4.82. The molecule has 0 amide bonds. The maximum Gasteiger partial charge on any atom is 0.137 e. The quantitative estimate of drug-likeness (QED) is 0.176. The summed E-state index contributed by atoms with van der Waals surface area (Å²) in [5.74, 6) is 0. The second-order valence-corrected chi connectivity index (χ2v) is 21.9. The van der Waals surface area contributed by atoms with Gasteiger partial charge in [0, 0.05) is 58.2 Å². The highest BCUT2D eigenvalue weighted by Gasteiger charge is 2.53. The fraction of sp³-hybridized carbons (Fsp3) is 0.0294. The van der Waals surface area contributed by atoms with Crippen molar-refractivity contribution in [1.82, 2.24) is 0 Å². The maximum absolute atomic E-state index is 6.69. The molecule has 1 aliphatic heterocycles. The third-order valence-corrected chi connectivity index (χ3v) is 18.8. The molecule has 3 heterocycles. The molecule has 2 nitrogen and oxygen atoms in total. The number of fused-ring (bicyclic) bond motifs is 25. The zero-order valence-electron chi connectivity index (χ0n) is 38.7. The van der Waals surface area contributed by atoms with Gasteiger partial charge in [0.05, 0.1) is 16.5 Å². The molecule has 0 fully saturated rings. The first-order valence-electron chi connectivity index (χ1n) is 24.8. The molecular formula is C68H39NOS2. The first-order valence-corrected chi connectivity index (χ1v) is 26.4. The van der Waals surface area contributed by atoms with Crippen LogP contribution >= 0.6 is 23.1 Å². The van der Waals surface area contributed by atoms with Gasteiger partial charge < -0.3 is 9.32 Å². The monoisotopic (exact) mass is 949 g/mol. The van der Waals surface area contributed by atoms with E-state index < -0.39 is 10.8 Å². The highest BCUT2D eigenvalue weighted by Crippen LogP contribution is 2.65. The smallest absolute Gasteiger partial charge is 0.137 e. The Morgan fingerprint density at radius 3 is 1.49 bits per heavy atom. The van der Waals surface area contributed by atoms with Gasteiger partial charge in [0.1, 0.15) is 11.2 Å². The molecule has 2 spiro atoms. The lowest BCUT2D eigenvalue weighted by Crippen LogP contribution is -2.31. The summed E-state index contributed by atoms with van der Waals surface area (Å²) in [6.07, 6.45) is 0. The minimum Gasteiger partial charge on any atom is -0.456 e. The SMILES string of the molecule is c1ccc2c(c1)Sc1ccccc1C21c2ccccc2-c2cc3c(cc21)sc1cccc(N(c2ccc4c(c2)C2(c5ccccc5-c5ccccc52)c2ccccc2-4)c2ccc4c(c2)oc2ccccc24)c13. The number of hydrogen-bond donors (Lipinski definition) is 0. The van der Waals surface area contributed by atoms with Crippen molar-refractivity contribution in [3.63, 3.8) is 0 Å². The van der Waals surface area contributed by atoms with E-state index in [9.17, 15) is 0 Å². The second-order valence-electron chi connectivity index (χ2n) is 19.8. The summed E-state index contributed by atoms with van der Waals surface area (Å²) in [5.41, 5.74) is 22.6. The Morgan fingerprint density at radius 1 is 0.319 bits per heavy atom. The Hall–Kier alpha value is -8.41. The molecule has 11 aromatic carbocycles. The average Bonchev–Trinajstić information content (AvgIpc) is 4.22. The predicted octanol–water partition coefficient (Wildman–Crippen LogP) is 18.6. The van der Waals surface area contributed by atoms with E-state index in [0.717, 1.165) is 39.0 Å². The second kappa shape index (κ2) is 14.1. The van der Waals surface area contributed by atoms with E-state index in [4.69, 9.17) is 4.42 Å². The standard InChI is InChI=1S/C68H39NOS2/c1-6-21-51-42(16-1)43-17-2-7-22-52(43)67(51)53-23-8-3-18-44(53)46-34-32-40(36-57(46)67)69(41-33-35-48-47-20-5-12-28-60(47)70-61(48)37-41)59-27-15-31-64-66(59)50-38-49-45-19-4-9-24-54(45)68(58(49)39-65(50)72-64)55-25-10-13-29-62(55)71-63-30-14-11-26-56(63)68/h1-39H. The number of hydrogen-bond acceptors (Lipinski definition) is 4. The van der Waals surface area contributed by atoms with Crippen molar-refractivity contribution in [2.75, 3.05) is 4.90 Å². The molecule has 3 aliphatic carbocycles. The van der Waals surface area contributed by atoms with Crippen LogP contribution in [0.2, 0.25) is 0 Å². The number of nitrogens with zero attached hydrogens (tertiary/aromatic N) is 1. The maximum atomic E-state index is 6.69. The zero-order valence-corrected chi connectivity index (χ0v) is 40.3. The molecule has 2 aromatic heterocycles. The molecule has 0 unspecified atom stereocenters. The van der Waals surface area contributed by atoms with Crippen molar-refractivity contribution in [1.29, 1.82) is 0 Å². The van der Waals surface area contributed by atoms with Gasteiger partial charge in [-0.2, -0.15) is 0 Å². The lowest BCUT2D eigenvalue weighted by Gasteiger charge is -2.39. The minimum absolute atomic E-state index is 0.443. The van der Waals surface area contributed by atoms with Crippen LogP contribution in [-0.4, -0.2) is 0 Å². The van der Waals surface area contributed by atoms with E-state index in [2.05, 4.69) is 241 Å². The van der Waals surface area contributed by atoms with Crippen molar-refractivity contribution in [2.45, 2.75) is 20.6 Å². The van der Waals surface area contributed by atoms with Gasteiger partial charge in [-0.15, -0.1) is 11.3 Å². The molecule has 13 aromatic rings. The Morgan fingerprint density at radius 2 is 0.819 bits per heavy atom. The molecule has 0 saturated carbocycles. The summed E-state index contributed by atoms with van der Waals surface area (Å²) in [6.45, 7) is 0. The molecule has 17 rings (SSSR count). The molecule has 0 N–H and O–H groups in total. The van der Waals surface area contributed by atoms with E-state index in [1.54, 1.807) is 0 Å². The summed E-state index contributed by atoms with van der Waals surface area (Å²) < 4.78 is 9.23. The van der Waals surface area contributed by atoms with Crippen LogP contribution in [0.3, 0.4) is 0 Å². The molecular weight excluding hydrogens is 911 g/mol. The van der Waals surface area contributed by atoms with Gasteiger partial charge >= 0.3 is 0 Å². The molecule has 72 heavy (non-hydrogen) atoms. The largest absolute Gasteiger partial charge is 0.456 e. The number of benzene rings is 11. The fourth-order valence-corrected chi connectivity index (χ4v) is 16.2. The number of anilines is 3. The normalized spacial score (nSPS) is 14.6. The van der Waals surface area contributed by atoms with Gasteiger partial charge in [0.15, 0.2) is 0 Å². The van der Waals surface area contributed by atoms with Crippen LogP contribution in [0.1, 0.15) is 44.5 Å². The Kier molecular flexibility index (Phi) is 7.72. The average molecular weight is 950 g/mol. The van der Waals surface area contributed by atoms with Gasteiger partial charge in [-0.3, -0.25) is 0 Å². The molecule has 0 saturated heterocycles. The summed E-state index contributed by atoms with van der Waals surface area (Å²) in [7, 11) is 0. The highest BCUT2D eigenvalue weighted by atomic mass is 32.2. The topological polar surface area (TPSA) is 16.4 Å². The van der Waals surface area contributed by atoms with Crippen molar-refractivity contribution in [2.24, 2.45) is 0 Å². The van der Waals surface area contributed by atoms with Crippen LogP contribution in [0.4, 0.5) is 17.1 Å². The van der Waals surface area contributed by atoms with Gasteiger partial charge in [-0.05, 0) is 145 Å². The summed E-state index contributed by atoms with van der Waals surface area (Å²) in [6, 6.07) is 89.1.